The Labute approximate surface area is 135 Å². The molecule has 2 nitrogen and oxygen atoms in total. The zero-order valence-electron chi connectivity index (χ0n) is 14.6. The molecule has 8 atom stereocenters. The molecular weight excluding hydrogens is 272 g/mol. The van der Waals surface area contributed by atoms with Crippen molar-refractivity contribution in [3.8, 4) is 0 Å². The quantitative estimate of drug-likeness (QED) is 0.706. The van der Waals surface area contributed by atoms with Gasteiger partial charge in [-0.3, -0.25) is 0 Å². The SMILES string of the molecule is C[C@]12CC[C@H](O)C[C@@H]1CC[C@@H]1[C@@H]2CC[C@]2(C)[C@H]1CC[C@]2(C)O. The van der Waals surface area contributed by atoms with Gasteiger partial charge in [-0.2, -0.15) is 0 Å². The Balaban J connectivity index is 1.64. The van der Waals surface area contributed by atoms with Crippen molar-refractivity contribution in [2.24, 2.45) is 34.5 Å². The number of fused-ring (bicyclic) bond motifs is 5. The maximum Gasteiger partial charge on any atom is 0.0675 e. The van der Waals surface area contributed by atoms with E-state index in [1.54, 1.807) is 0 Å². The van der Waals surface area contributed by atoms with Crippen LogP contribution in [0.5, 0.6) is 0 Å². The summed E-state index contributed by atoms with van der Waals surface area (Å²) in [7, 11) is 0. The van der Waals surface area contributed by atoms with Crippen molar-refractivity contribution in [3.05, 3.63) is 0 Å². The maximum atomic E-state index is 10.9. The first kappa shape index (κ1) is 15.4. The highest BCUT2D eigenvalue weighted by Crippen LogP contribution is 2.68. The summed E-state index contributed by atoms with van der Waals surface area (Å²) in [6.45, 7) is 7.01. The zero-order valence-corrected chi connectivity index (χ0v) is 14.6. The van der Waals surface area contributed by atoms with Gasteiger partial charge in [0.25, 0.3) is 0 Å². The first-order valence-electron chi connectivity index (χ1n) is 9.68. The summed E-state index contributed by atoms with van der Waals surface area (Å²) in [5, 5.41) is 21.0. The number of rotatable bonds is 0. The Morgan fingerprint density at radius 3 is 2.32 bits per heavy atom. The Bertz CT molecular complexity index is 459. The molecule has 4 aliphatic carbocycles. The van der Waals surface area contributed by atoms with Gasteiger partial charge < -0.3 is 10.2 Å². The number of aliphatic hydroxyl groups excluding tert-OH is 1. The van der Waals surface area contributed by atoms with Crippen LogP contribution in [-0.2, 0) is 0 Å². The van der Waals surface area contributed by atoms with Crippen LogP contribution in [0.4, 0.5) is 0 Å². The predicted octanol–water partition coefficient (Wildman–Crippen LogP) is 4.14. The highest BCUT2D eigenvalue weighted by molar-refractivity contribution is 5.12. The maximum absolute atomic E-state index is 10.9. The molecule has 0 aromatic carbocycles. The summed E-state index contributed by atoms with van der Waals surface area (Å²) in [6.07, 6.45) is 10.6. The highest BCUT2D eigenvalue weighted by Gasteiger charge is 2.63. The third-order valence-corrected chi connectivity index (χ3v) is 9.20. The topological polar surface area (TPSA) is 40.5 Å². The van der Waals surface area contributed by atoms with E-state index in [0.29, 0.717) is 5.41 Å². The fraction of sp³-hybridized carbons (Fsp3) is 1.00. The molecule has 126 valence electrons. The van der Waals surface area contributed by atoms with Gasteiger partial charge in [-0.05, 0) is 99.2 Å². The van der Waals surface area contributed by atoms with Crippen molar-refractivity contribution in [2.45, 2.75) is 90.3 Å². The van der Waals surface area contributed by atoms with Gasteiger partial charge in [0.2, 0.25) is 0 Å². The lowest BCUT2D eigenvalue weighted by atomic mass is 9.44. The predicted molar refractivity (Wildman–Crippen MR) is 88.4 cm³/mol. The molecule has 0 saturated heterocycles. The van der Waals surface area contributed by atoms with Crippen molar-refractivity contribution in [1.29, 1.82) is 0 Å². The molecule has 2 N–H and O–H groups in total. The lowest BCUT2D eigenvalue weighted by molar-refractivity contribution is -0.153. The second-order valence-corrected chi connectivity index (χ2v) is 9.85. The molecule has 22 heavy (non-hydrogen) atoms. The van der Waals surface area contributed by atoms with Crippen molar-refractivity contribution >= 4 is 0 Å². The van der Waals surface area contributed by atoms with Crippen molar-refractivity contribution < 1.29 is 10.2 Å². The third-order valence-electron chi connectivity index (χ3n) is 9.20. The average Bonchev–Trinajstić information content (AvgIpc) is 2.70. The molecule has 4 fully saturated rings. The number of hydrogen-bond acceptors (Lipinski definition) is 2. The normalized spacial score (nSPS) is 61.2. The van der Waals surface area contributed by atoms with E-state index in [4.69, 9.17) is 0 Å². The van der Waals surface area contributed by atoms with E-state index < -0.39 is 5.60 Å². The molecule has 0 radical (unpaired) electrons. The van der Waals surface area contributed by atoms with Gasteiger partial charge in [-0.1, -0.05) is 13.8 Å². The van der Waals surface area contributed by atoms with E-state index >= 15 is 0 Å². The molecule has 4 rings (SSSR count). The molecule has 0 aromatic rings. The molecule has 0 aliphatic heterocycles. The second-order valence-electron chi connectivity index (χ2n) is 9.85. The summed E-state index contributed by atoms with van der Waals surface area (Å²) in [4.78, 5) is 0. The molecule has 0 bridgehead atoms. The number of hydrogen-bond donors (Lipinski definition) is 2. The van der Waals surface area contributed by atoms with Crippen LogP contribution in [0.15, 0.2) is 0 Å². The number of aliphatic hydroxyl groups is 2. The van der Waals surface area contributed by atoms with E-state index in [2.05, 4.69) is 20.8 Å². The minimum absolute atomic E-state index is 0.0457. The summed E-state index contributed by atoms with van der Waals surface area (Å²) >= 11 is 0. The van der Waals surface area contributed by atoms with Crippen LogP contribution in [0.1, 0.15) is 78.6 Å². The van der Waals surface area contributed by atoms with Crippen molar-refractivity contribution in [1.82, 2.24) is 0 Å². The zero-order chi connectivity index (χ0) is 15.8. The first-order chi connectivity index (χ1) is 10.3. The molecule has 0 amide bonds. The molecule has 4 saturated carbocycles. The Kier molecular flexibility index (Phi) is 3.32. The largest absolute Gasteiger partial charge is 0.393 e. The minimum Gasteiger partial charge on any atom is -0.393 e. The van der Waals surface area contributed by atoms with Crippen LogP contribution >= 0.6 is 0 Å². The van der Waals surface area contributed by atoms with Gasteiger partial charge in [0.15, 0.2) is 0 Å². The summed E-state index contributed by atoms with van der Waals surface area (Å²) < 4.78 is 0. The van der Waals surface area contributed by atoms with Crippen LogP contribution in [0.25, 0.3) is 0 Å². The molecule has 0 heterocycles. The highest BCUT2D eigenvalue weighted by atomic mass is 16.3. The second kappa shape index (κ2) is 4.72. The molecule has 2 heteroatoms. The van der Waals surface area contributed by atoms with E-state index in [1.807, 2.05) is 0 Å². The first-order valence-corrected chi connectivity index (χ1v) is 9.68. The molecule has 4 aliphatic rings. The standard InChI is InChI=1S/C20H34O2/c1-18-9-6-14(21)12-13(18)4-5-15-16(18)7-10-19(2)17(15)8-11-20(19,3)22/h13-17,21-22H,4-12H2,1-3H3/t13-,14-,15+,16-,17-,18-,19+,20-/m0/s1. The summed E-state index contributed by atoms with van der Waals surface area (Å²) in [6, 6.07) is 0. The van der Waals surface area contributed by atoms with Crippen LogP contribution in [0, 0.1) is 34.5 Å². The fourth-order valence-electron chi connectivity index (χ4n) is 7.48. The minimum atomic E-state index is -0.455. The lowest BCUT2D eigenvalue weighted by Gasteiger charge is -2.61. The van der Waals surface area contributed by atoms with Gasteiger partial charge in [0, 0.05) is 0 Å². The van der Waals surface area contributed by atoms with Gasteiger partial charge >= 0.3 is 0 Å². The van der Waals surface area contributed by atoms with E-state index in [0.717, 1.165) is 42.9 Å². The van der Waals surface area contributed by atoms with Crippen LogP contribution in [-0.4, -0.2) is 21.9 Å². The molecule has 0 unspecified atom stereocenters. The monoisotopic (exact) mass is 306 g/mol. The van der Waals surface area contributed by atoms with E-state index in [9.17, 15) is 10.2 Å². The summed E-state index contributed by atoms with van der Waals surface area (Å²) in [5.74, 6) is 3.13. The van der Waals surface area contributed by atoms with E-state index in [1.165, 1.54) is 38.5 Å². The summed E-state index contributed by atoms with van der Waals surface area (Å²) in [5.41, 5.74) is 0.145. The average molecular weight is 306 g/mol. The van der Waals surface area contributed by atoms with Crippen LogP contribution < -0.4 is 0 Å². The Morgan fingerprint density at radius 2 is 1.55 bits per heavy atom. The molecular formula is C20H34O2. The van der Waals surface area contributed by atoms with Crippen molar-refractivity contribution in [3.63, 3.8) is 0 Å². The van der Waals surface area contributed by atoms with Gasteiger partial charge in [-0.15, -0.1) is 0 Å². The lowest BCUT2D eigenvalue weighted by Crippen LogP contribution is -2.56. The smallest absolute Gasteiger partial charge is 0.0675 e. The van der Waals surface area contributed by atoms with E-state index in [-0.39, 0.29) is 11.5 Å². The van der Waals surface area contributed by atoms with Gasteiger partial charge in [-0.25, -0.2) is 0 Å². The van der Waals surface area contributed by atoms with Gasteiger partial charge in [0.05, 0.1) is 11.7 Å². The van der Waals surface area contributed by atoms with Crippen LogP contribution in [0.3, 0.4) is 0 Å². The third kappa shape index (κ3) is 1.86. The Morgan fingerprint density at radius 1 is 0.818 bits per heavy atom. The molecule has 0 aromatic heterocycles. The van der Waals surface area contributed by atoms with Crippen molar-refractivity contribution in [2.75, 3.05) is 0 Å². The Hall–Kier alpha value is -0.0800. The van der Waals surface area contributed by atoms with Crippen LogP contribution in [0.2, 0.25) is 0 Å². The molecule has 0 spiro atoms. The fourth-order valence-corrected chi connectivity index (χ4v) is 7.48. The van der Waals surface area contributed by atoms with Gasteiger partial charge in [0.1, 0.15) is 0 Å².